The first kappa shape index (κ1) is 21.4. The molecular weight excluding hydrogens is 456 g/mol. The quantitative estimate of drug-likeness (QED) is 0.170. The Labute approximate surface area is 221 Å². The first-order valence-electron chi connectivity index (χ1n) is 13.5. The number of hydrogen-bond acceptors (Lipinski definition) is 0. The molecule has 0 aromatic heterocycles. The molecule has 0 saturated carbocycles. The Balaban J connectivity index is 1.52. The molecule has 0 N–H and O–H groups in total. The number of benzene rings is 7. The summed E-state index contributed by atoms with van der Waals surface area (Å²) in [6.45, 7) is 0. The number of hydrogen-bond donors (Lipinski definition) is 0. The van der Waals surface area contributed by atoms with E-state index in [1.807, 2.05) is 0 Å². The van der Waals surface area contributed by atoms with Crippen molar-refractivity contribution in [3.63, 3.8) is 0 Å². The van der Waals surface area contributed by atoms with Crippen LogP contribution < -0.4 is 10.4 Å². The Kier molecular flexibility index (Phi) is 4.75. The van der Waals surface area contributed by atoms with Crippen LogP contribution in [-0.4, -0.2) is 0 Å². The van der Waals surface area contributed by atoms with E-state index in [0.717, 1.165) is 12.8 Å². The molecule has 7 aromatic rings. The van der Waals surface area contributed by atoms with Crippen LogP contribution in [0, 0.1) is 0 Å². The van der Waals surface area contributed by atoms with Gasteiger partial charge in [0.25, 0.3) is 0 Å². The molecule has 0 nitrogen and oxygen atoms in total. The van der Waals surface area contributed by atoms with Crippen LogP contribution in [-0.2, 0) is 0 Å². The summed E-state index contributed by atoms with van der Waals surface area (Å²) < 4.78 is 0. The fourth-order valence-corrected chi connectivity index (χ4v) is 6.56. The summed E-state index contributed by atoms with van der Waals surface area (Å²) in [7, 11) is 0. The predicted octanol–water partition coefficient (Wildman–Crippen LogP) is 8.99. The summed E-state index contributed by atoms with van der Waals surface area (Å²) in [6.07, 6.45) is 7.08. The van der Waals surface area contributed by atoms with Crippen molar-refractivity contribution in [3.8, 4) is 22.3 Å². The Morgan fingerprint density at radius 3 is 1.79 bits per heavy atom. The highest BCUT2D eigenvalue weighted by molar-refractivity contribution is 6.17. The van der Waals surface area contributed by atoms with Crippen molar-refractivity contribution in [2.45, 2.75) is 12.8 Å². The summed E-state index contributed by atoms with van der Waals surface area (Å²) in [5.74, 6) is 0. The van der Waals surface area contributed by atoms with Crippen LogP contribution in [0.2, 0.25) is 0 Å². The van der Waals surface area contributed by atoms with Crippen LogP contribution in [0.4, 0.5) is 0 Å². The summed E-state index contributed by atoms with van der Waals surface area (Å²) in [4.78, 5) is 0. The van der Waals surface area contributed by atoms with E-state index in [9.17, 15) is 0 Å². The smallest absolute Gasteiger partial charge is 0.00235 e. The standard InChI is InChI=1S/C38H26/c1-2-11-25(12-3-1)37-32-15-6-8-17-34(32)38(35-18-9-7-16-33(35)37)31-20-10-19-29-30(31)22-21-28-23-26-13-4-5-14-27(26)24-36(28)29/h1-6,8,10-24H,7,9H2. The second-order valence-electron chi connectivity index (χ2n) is 10.4. The van der Waals surface area contributed by atoms with Gasteiger partial charge in [0.05, 0.1) is 0 Å². The Morgan fingerprint density at radius 1 is 0.368 bits per heavy atom. The Hall–Kier alpha value is -4.68. The van der Waals surface area contributed by atoms with Crippen LogP contribution in [0.25, 0.3) is 77.5 Å². The molecule has 38 heavy (non-hydrogen) atoms. The average Bonchev–Trinajstić information content (AvgIpc) is 2.99. The first-order chi connectivity index (χ1) is 18.9. The molecule has 1 aliphatic rings. The van der Waals surface area contributed by atoms with Gasteiger partial charge in [-0.3, -0.25) is 0 Å². The van der Waals surface area contributed by atoms with E-state index in [4.69, 9.17) is 0 Å². The van der Waals surface area contributed by atoms with Crippen LogP contribution in [0.15, 0.2) is 121 Å². The molecule has 8 rings (SSSR count). The molecule has 0 unspecified atom stereocenters. The maximum atomic E-state index is 2.47. The van der Waals surface area contributed by atoms with E-state index in [-0.39, 0.29) is 0 Å². The van der Waals surface area contributed by atoms with Gasteiger partial charge in [0.2, 0.25) is 0 Å². The minimum absolute atomic E-state index is 1.08. The van der Waals surface area contributed by atoms with Gasteiger partial charge in [-0.05, 0) is 101 Å². The SMILES string of the molecule is C1=c2c(-c3ccccc3)c3ccccc3c(-c3cccc4c3ccc3cc5ccccc5cc34)c2=CCC1. The van der Waals surface area contributed by atoms with Crippen molar-refractivity contribution in [1.82, 2.24) is 0 Å². The first-order valence-corrected chi connectivity index (χ1v) is 13.5. The van der Waals surface area contributed by atoms with Crippen molar-refractivity contribution in [2.24, 2.45) is 0 Å². The van der Waals surface area contributed by atoms with Gasteiger partial charge < -0.3 is 0 Å². The van der Waals surface area contributed by atoms with E-state index >= 15 is 0 Å². The fourth-order valence-electron chi connectivity index (χ4n) is 6.56. The van der Waals surface area contributed by atoms with Gasteiger partial charge >= 0.3 is 0 Å². The number of rotatable bonds is 2. The normalized spacial score (nSPS) is 12.9. The van der Waals surface area contributed by atoms with Crippen LogP contribution in [0.3, 0.4) is 0 Å². The molecule has 0 heterocycles. The molecule has 0 bridgehead atoms. The lowest BCUT2D eigenvalue weighted by Gasteiger charge is -2.19. The van der Waals surface area contributed by atoms with Crippen molar-refractivity contribution in [3.05, 3.63) is 132 Å². The van der Waals surface area contributed by atoms with Gasteiger partial charge in [-0.15, -0.1) is 0 Å². The van der Waals surface area contributed by atoms with Crippen molar-refractivity contribution < 1.29 is 0 Å². The minimum Gasteiger partial charge on any atom is -0.0757 e. The molecule has 1 aliphatic carbocycles. The third-order valence-electron chi connectivity index (χ3n) is 8.23. The van der Waals surface area contributed by atoms with Gasteiger partial charge in [-0.25, -0.2) is 0 Å². The molecule has 7 aromatic carbocycles. The molecule has 0 amide bonds. The maximum Gasteiger partial charge on any atom is -0.00235 e. The molecule has 0 heteroatoms. The van der Waals surface area contributed by atoms with Gasteiger partial charge in [0.1, 0.15) is 0 Å². The third kappa shape index (κ3) is 3.17. The molecule has 178 valence electrons. The molecule has 0 saturated heterocycles. The predicted molar refractivity (Wildman–Crippen MR) is 165 cm³/mol. The summed E-state index contributed by atoms with van der Waals surface area (Å²) in [6, 6.07) is 44.7. The van der Waals surface area contributed by atoms with E-state index in [2.05, 4.69) is 133 Å². The number of fused-ring (bicyclic) bond motifs is 6. The molecule has 0 fully saturated rings. The molecule has 0 spiro atoms. The lowest BCUT2D eigenvalue weighted by Crippen LogP contribution is -2.31. The Bertz CT molecular complexity index is 2170. The van der Waals surface area contributed by atoms with Crippen LogP contribution >= 0.6 is 0 Å². The monoisotopic (exact) mass is 482 g/mol. The van der Waals surface area contributed by atoms with Crippen LogP contribution in [0.1, 0.15) is 12.8 Å². The van der Waals surface area contributed by atoms with Gasteiger partial charge in [0, 0.05) is 0 Å². The maximum absolute atomic E-state index is 2.47. The lowest BCUT2D eigenvalue weighted by atomic mass is 9.84. The molecule has 0 radical (unpaired) electrons. The van der Waals surface area contributed by atoms with E-state index in [0.29, 0.717) is 0 Å². The van der Waals surface area contributed by atoms with Crippen LogP contribution in [0.5, 0.6) is 0 Å². The molecule has 0 atom stereocenters. The van der Waals surface area contributed by atoms with Gasteiger partial charge in [0.15, 0.2) is 0 Å². The average molecular weight is 483 g/mol. The lowest BCUT2D eigenvalue weighted by molar-refractivity contribution is 1.12. The highest BCUT2D eigenvalue weighted by Gasteiger charge is 2.17. The largest absolute Gasteiger partial charge is 0.0757 e. The highest BCUT2D eigenvalue weighted by atomic mass is 14.2. The molecular formula is C38H26. The van der Waals surface area contributed by atoms with E-state index in [1.54, 1.807) is 0 Å². The molecule has 0 aliphatic heterocycles. The topological polar surface area (TPSA) is 0 Å². The second-order valence-corrected chi connectivity index (χ2v) is 10.4. The van der Waals surface area contributed by atoms with Crippen molar-refractivity contribution in [1.29, 1.82) is 0 Å². The van der Waals surface area contributed by atoms with Gasteiger partial charge in [-0.1, -0.05) is 121 Å². The van der Waals surface area contributed by atoms with E-state index in [1.165, 1.54) is 75.8 Å². The summed E-state index contributed by atoms with van der Waals surface area (Å²) in [5.41, 5.74) is 5.31. The highest BCUT2D eigenvalue weighted by Crippen LogP contribution is 2.38. The fraction of sp³-hybridized carbons (Fsp3) is 0.0526. The zero-order valence-corrected chi connectivity index (χ0v) is 21.1. The zero-order valence-electron chi connectivity index (χ0n) is 21.1. The van der Waals surface area contributed by atoms with Crippen molar-refractivity contribution in [2.75, 3.05) is 0 Å². The summed E-state index contributed by atoms with van der Waals surface area (Å²) >= 11 is 0. The Morgan fingerprint density at radius 2 is 1.00 bits per heavy atom. The summed E-state index contributed by atoms with van der Waals surface area (Å²) in [5, 5.41) is 13.2. The third-order valence-corrected chi connectivity index (χ3v) is 8.23. The van der Waals surface area contributed by atoms with E-state index < -0.39 is 0 Å². The zero-order chi connectivity index (χ0) is 25.1. The minimum atomic E-state index is 1.08. The van der Waals surface area contributed by atoms with Crippen molar-refractivity contribution >= 4 is 55.2 Å². The second kappa shape index (κ2) is 8.43. The van der Waals surface area contributed by atoms with Gasteiger partial charge in [-0.2, -0.15) is 0 Å².